The minimum absolute atomic E-state index is 0.260. The summed E-state index contributed by atoms with van der Waals surface area (Å²) in [7, 11) is 1.71. The van der Waals surface area contributed by atoms with E-state index in [-0.39, 0.29) is 11.3 Å². The minimum Gasteiger partial charge on any atom is -0.497 e. The second-order valence-corrected chi connectivity index (χ2v) is 8.39. The van der Waals surface area contributed by atoms with Crippen molar-refractivity contribution in [1.82, 2.24) is 0 Å². The van der Waals surface area contributed by atoms with Crippen molar-refractivity contribution in [1.29, 1.82) is 0 Å². The molecule has 0 aliphatic heterocycles. The lowest BCUT2D eigenvalue weighted by atomic mass is 9.51. The number of rotatable bonds is 1. The van der Waals surface area contributed by atoms with Crippen molar-refractivity contribution in [3.8, 4) is 5.75 Å². The van der Waals surface area contributed by atoms with Gasteiger partial charge in [0, 0.05) is 5.41 Å². The van der Waals surface area contributed by atoms with E-state index in [4.69, 9.17) is 4.74 Å². The van der Waals surface area contributed by atoms with Gasteiger partial charge in [-0.2, -0.15) is 0 Å². The molecule has 5 atom stereocenters. The summed E-state index contributed by atoms with van der Waals surface area (Å²) in [5.74, 6) is 1.60. The van der Waals surface area contributed by atoms with Gasteiger partial charge in [0.15, 0.2) is 0 Å². The number of hydrogen-bond donors (Lipinski definition) is 2. The van der Waals surface area contributed by atoms with Crippen LogP contribution in [0.4, 0.5) is 0 Å². The highest BCUT2D eigenvalue weighted by atomic mass is 16.5. The van der Waals surface area contributed by atoms with Crippen molar-refractivity contribution in [2.45, 2.75) is 69.5 Å². The fourth-order valence-corrected chi connectivity index (χ4v) is 5.92. The highest BCUT2D eigenvalue weighted by Crippen LogP contribution is 2.66. The van der Waals surface area contributed by atoms with Gasteiger partial charge in [0.05, 0.1) is 18.3 Å². The van der Waals surface area contributed by atoms with Gasteiger partial charge in [-0.05, 0) is 80.5 Å². The largest absolute Gasteiger partial charge is 0.497 e. The van der Waals surface area contributed by atoms with Crippen LogP contribution in [0.25, 0.3) is 0 Å². The Kier molecular flexibility index (Phi) is 3.18. The smallest absolute Gasteiger partial charge is 0.119 e. The number of methoxy groups -OCH3 is 1. The predicted molar refractivity (Wildman–Crippen MR) is 89.7 cm³/mol. The average Bonchev–Trinajstić information content (AvgIpc) is 2.74. The maximum absolute atomic E-state index is 11.6. The van der Waals surface area contributed by atoms with E-state index in [1.165, 1.54) is 11.1 Å². The first-order chi connectivity index (χ1) is 10.8. The van der Waals surface area contributed by atoms with E-state index < -0.39 is 11.2 Å². The van der Waals surface area contributed by atoms with Gasteiger partial charge in [0.1, 0.15) is 5.75 Å². The van der Waals surface area contributed by atoms with Crippen molar-refractivity contribution >= 4 is 0 Å². The molecule has 3 heteroatoms. The zero-order chi connectivity index (χ0) is 16.5. The van der Waals surface area contributed by atoms with Crippen LogP contribution in [0.5, 0.6) is 5.75 Å². The van der Waals surface area contributed by atoms with Gasteiger partial charge in [0.25, 0.3) is 0 Å². The Morgan fingerprint density at radius 3 is 2.61 bits per heavy atom. The van der Waals surface area contributed by atoms with Crippen LogP contribution in [-0.4, -0.2) is 28.5 Å². The summed E-state index contributed by atoms with van der Waals surface area (Å²) in [6.45, 7) is 4.03. The lowest BCUT2D eigenvalue weighted by Crippen LogP contribution is -2.60. The van der Waals surface area contributed by atoms with Crippen LogP contribution in [0.3, 0.4) is 0 Å². The molecule has 2 N–H and O–H groups in total. The minimum atomic E-state index is -0.757. The fraction of sp³-hybridized carbons (Fsp3) is 0.700. The summed E-state index contributed by atoms with van der Waals surface area (Å²) in [5.41, 5.74) is 0.890. The molecule has 3 nitrogen and oxygen atoms in total. The molecule has 3 aliphatic rings. The number of ether oxygens (including phenoxy) is 1. The molecule has 2 saturated carbocycles. The van der Waals surface area contributed by atoms with Crippen LogP contribution in [0.15, 0.2) is 18.2 Å². The fourth-order valence-electron chi connectivity index (χ4n) is 5.92. The van der Waals surface area contributed by atoms with Gasteiger partial charge in [-0.25, -0.2) is 0 Å². The van der Waals surface area contributed by atoms with Crippen LogP contribution in [-0.2, 0) is 6.42 Å². The van der Waals surface area contributed by atoms with Crippen molar-refractivity contribution in [3.05, 3.63) is 29.3 Å². The van der Waals surface area contributed by atoms with Crippen molar-refractivity contribution in [3.63, 3.8) is 0 Å². The Bertz CT molecular complexity index is 638. The second kappa shape index (κ2) is 4.73. The molecule has 0 aromatic heterocycles. The zero-order valence-corrected chi connectivity index (χ0v) is 14.4. The zero-order valence-electron chi connectivity index (χ0n) is 14.4. The number of aliphatic hydroxyl groups is 2. The molecule has 126 valence electrons. The molecular formula is C20H28O3. The molecule has 4 rings (SSSR count). The Morgan fingerprint density at radius 2 is 1.87 bits per heavy atom. The highest BCUT2D eigenvalue weighted by molar-refractivity contribution is 5.41. The summed E-state index contributed by atoms with van der Waals surface area (Å²) in [4.78, 5) is 0. The SMILES string of the molecule is COc1ccc2c(c1)CCC1C2CCC2(C)C(C)(O)CCC12O. The first-order valence-electron chi connectivity index (χ1n) is 8.94. The van der Waals surface area contributed by atoms with Gasteiger partial charge in [-0.3, -0.25) is 0 Å². The molecule has 23 heavy (non-hydrogen) atoms. The van der Waals surface area contributed by atoms with E-state index in [2.05, 4.69) is 19.1 Å². The lowest BCUT2D eigenvalue weighted by molar-refractivity contribution is -0.189. The number of fused-ring (bicyclic) bond motifs is 5. The average molecular weight is 316 g/mol. The summed E-state index contributed by atoms with van der Waals surface area (Å²) < 4.78 is 5.37. The molecule has 1 aromatic rings. The Balaban J connectivity index is 1.75. The van der Waals surface area contributed by atoms with Gasteiger partial charge in [-0.15, -0.1) is 0 Å². The van der Waals surface area contributed by atoms with Crippen molar-refractivity contribution < 1.29 is 14.9 Å². The van der Waals surface area contributed by atoms with E-state index in [9.17, 15) is 10.2 Å². The van der Waals surface area contributed by atoms with Gasteiger partial charge < -0.3 is 14.9 Å². The maximum atomic E-state index is 11.6. The van der Waals surface area contributed by atoms with Crippen LogP contribution < -0.4 is 4.74 Å². The highest BCUT2D eigenvalue weighted by Gasteiger charge is 2.67. The first-order valence-corrected chi connectivity index (χ1v) is 8.94. The standard InChI is InChI=1S/C20H28O3/c1-18-9-8-16-15-6-5-14(23-3)12-13(15)4-7-17(16)20(18,22)11-10-19(18,2)21/h5-6,12,16-17,21-22H,4,7-11H2,1-3H3. The van der Waals surface area contributed by atoms with Gasteiger partial charge in [0.2, 0.25) is 0 Å². The first kappa shape index (κ1) is 15.5. The van der Waals surface area contributed by atoms with E-state index >= 15 is 0 Å². The molecule has 0 saturated heterocycles. The van der Waals surface area contributed by atoms with E-state index in [1.54, 1.807) is 7.11 Å². The maximum Gasteiger partial charge on any atom is 0.119 e. The van der Waals surface area contributed by atoms with E-state index in [1.807, 2.05) is 13.0 Å². The molecule has 2 fully saturated rings. The van der Waals surface area contributed by atoms with Crippen LogP contribution in [0, 0.1) is 11.3 Å². The third kappa shape index (κ3) is 1.84. The topological polar surface area (TPSA) is 49.7 Å². The van der Waals surface area contributed by atoms with E-state index in [0.29, 0.717) is 12.3 Å². The van der Waals surface area contributed by atoms with Crippen LogP contribution >= 0.6 is 0 Å². The normalized spacial score (nSPS) is 45.1. The molecular weight excluding hydrogens is 288 g/mol. The van der Waals surface area contributed by atoms with Gasteiger partial charge >= 0.3 is 0 Å². The molecule has 0 spiro atoms. The summed E-state index contributed by atoms with van der Waals surface area (Å²) >= 11 is 0. The van der Waals surface area contributed by atoms with Gasteiger partial charge in [-0.1, -0.05) is 13.0 Å². The lowest BCUT2D eigenvalue weighted by Gasteiger charge is -2.57. The molecule has 0 bridgehead atoms. The van der Waals surface area contributed by atoms with E-state index in [0.717, 1.165) is 37.9 Å². The molecule has 0 radical (unpaired) electrons. The molecule has 1 aromatic carbocycles. The van der Waals surface area contributed by atoms with Crippen LogP contribution in [0.1, 0.15) is 63.0 Å². The number of hydrogen-bond acceptors (Lipinski definition) is 3. The monoisotopic (exact) mass is 316 g/mol. The van der Waals surface area contributed by atoms with Crippen LogP contribution in [0.2, 0.25) is 0 Å². The van der Waals surface area contributed by atoms with Crippen molar-refractivity contribution in [2.24, 2.45) is 11.3 Å². The Labute approximate surface area is 138 Å². The number of benzene rings is 1. The Hall–Kier alpha value is -1.06. The molecule has 0 amide bonds. The molecule has 3 aliphatic carbocycles. The summed E-state index contributed by atoms with van der Waals surface area (Å²) in [6.07, 6.45) is 5.38. The molecule has 5 unspecified atom stereocenters. The summed E-state index contributed by atoms with van der Waals surface area (Å²) in [5, 5.41) is 22.5. The van der Waals surface area contributed by atoms with Crippen molar-refractivity contribution in [2.75, 3.05) is 7.11 Å². The third-order valence-corrected chi connectivity index (χ3v) is 7.67. The number of aryl methyl sites for hydroxylation is 1. The predicted octanol–water partition coefficient (Wildman–Crippen LogP) is 3.42. The Morgan fingerprint density at radius 1 is 1.09 bits per heavy atom. The molecule has 0 heterocycles. The second-order valence-electron chi connectivity index (χ2n) is 8.39. The quantitative estimate of drug-likeness (QED) is 0.834. The summed E-state index contributed by atoms with van der Waals surface area (Å²) in [6, 6.07) is 6.40. The third-order valence-electron chi connectivity index (χ3n) is 7.67.